The van der Waals surface area contributed by atoms with Gasteiger partial charge in [-0.05, 0) is 0 Å². The molecule has 0 aliphatic carbocycles. The lowest BCUT2D eigenvalue weighted by Crippen LogP contribution is -2.62. The van der Waals surface area contributed by atoms with Crippen molar-refractivity contribution in [1.82, 2.24) is 0 Å². The van der Waals surface area contributed by atoms with Crippen LogP contribution in [0.3, 0.4) is 0 Å². The molecule has 2 aliphatic rings. The molecule has 0 amide bonds. The number of rotatable bonds is 7. The van der Waals surface area contributed by atoms with Crippen LogP contribution in [-0.2, 0) is 23.3 Å². The summed E-state index contributed by atoms with van der Waals surface area (Å²) in [6, 6.07) is 0. The Morgan fingerprint density at radius 3 is 2.12 bits per heavy atom. The monoisotopic (exact) mass is 406 g/mol. The van der Waals surface area contributed by atoms with Gasteiger partial charge in [0.1, 0.15) is 49.3 Å². The van der Waals surface area contributed by atoms with Crippen molar-refractivity contribution < 1.29 is 63.9 Å². The van der Waals surface area contributed by atoms with E-state index in [1.54, 1.807) is 0 Å². The molecule has 26 heavy (non-hydrogen) atoms. The van der Waals surface area contributed by atoms with Crippen LogP contribution in [0.2, 0.25) is 0 Å². The van der Waals surface area contributed by atoms with Crippen LogP contribution < -0.4 is 0 Å². The van der Waals surface area contributed by atoms with Crippen molar-refractivity contribution in [2.45, 2.75) is 54.8 Å². The Morgan fingerprint density at radius 1 is 0.962 bits per heavy atom. The number of aliphatic hydroxyl groups is 7. The zero-order valence-electron chi connectivity index (χ0n) is 13.4. The van der Waals surface area contributed by atoms with Gasteiger partial charge in [-0.1, -0.05) is 0 Å². The summed E-state index contributed by atoms with van der Waals surface area (Å²) < 4.78 is 30.7. The standard InChI is InChI=1S/C12H23O13P/c13-1-4-7(16)10(19)12(3-14,24-4)25-11-9(18)8(17)6(15)5(23-11)2-22-26(20)21/h4-11,13-19,26H,1-3H2,(H,20,21)/t4-,5-,6-,7-,8+,9-,10+,11-,12+/m1/s1. The van der Waals surface area contributed by atoms with Crippen LogP contribution in [0.4, 0.5) is 0 Å². The van der Waals surface area contributed by atoms with Crippen molar-refractivity contribution >= 4 is 8.25 Å². The van der Waals surface area contributed by atoms with E-state index in [-0.39, 0.29) is 0 Å². The van der Waals surface area contributed by atoms with Gasteiger partial charge in [0.25, 0.3) is 0 Å². The molecule has 10 atom stereocenters. The summed E-state index contributed by atoms with van der Waals surface area (Å²) in [5, 5.41) is 68.3. The number of aliphatic hydroxyl groups excluding tert-OH is 7. The summed E-state index contributed by atoms with van der Waals surface area (Å²) in [6.45, 7) is -2.35. The number of hydrogen-bond donors (Lipinski definition) is 8. The highest BCUT2D eigenvalue weighted by atomic mass is 31.1. The lowest BCUT2D eigenvalue weighted by molar-refractivity contribution is -0.383. The molecule has 2 heterocycles. The van der Waals surface area contributed by atoms with Crippen LogP contribution in [0, 0.1) is 0 Å². The van der Waals surface area contributed by atoms with Crippen LogP contribution in [0.15, 0.2) is 0 Å². The zero-order chi connectivity index (χ0) is 19.6. The molecule has 2 fully saturated rings. The van der Waals surface area contributed by atoms with Gasteiger partial charge in [0.05, 0.1) is 13.2 Å². The first-order valence-electron chi connectivity index (χ1n) is 7.65. The maximum Gasteiger partial charge on any atom is 0.316 e. The van der Waals surface area contributed by atoms with E-state index in [0.717, 1.165) is 0 Å². The molecule has 0 radical (unpaired) electrons. The largest absolute Gasteiger partial charge is 0.394 e. The SMILES string of the molecule is O=[PH](O)OC[C@H]1O[C@H](O[C@]2(CO)O[C@H](CO)[C@@H](O)[C@@H]2O)[C@H](O)[C@@H](O)[C@@H]1O. The molecule has 1 unspecified atom stereocenters. The summed E-state index contributed by atoms with van der Waals surface area (Å²) in [6.07, 6.45) is -13.3. The van der Waals surface area contributed by atoms with Gasteiger partial charge < -0.3 is 59.4 Å². The normalized spacial score (nSPS) is 47.8. The highest BCUT2D eigenvalue weighted by molar-refractivity contribution is 7.32. The highest BCUT2D eigenvalue weighted by Gasteiger charge is 2.58. The van der Waals surface area contributed by atoms with Gasteiger partial charge in [-0.3, -0.25) is 4.57 Å². The third-order valence-corrected chi connectivity index (χ3v) is 4.68. The third-order valence-electron chi connectivity index (χ3n) is 4.26. The summed E-state index contributed by atoms with van der Waals surface area (Å²) >= 11 is 0. The maximum absolute atomic E-state index is 10.6. The van der Waals surface area contributed by atoms with E-state index in [4.69, 9.17) is 24.2 Å². The van der Waals surface area contributed by atoms with Crippen LogP contribution in [0.1, 0.15) is 0 Å². The third kappa shape index (κ3) is 4.25. The van der Waals surface area contributed by atoms with Crippen molar-refractivity contribution in [2.24, 2.45) is 0 Å². The molecular weight excluding hydrogens is 383 g/mol. The summed E-state index contributed by atoms with van der Waals surface area (Å²) in [5.41, 5.74) is 0. The minimum atomic E-state index is -3.36. The lowest BCUT2D eigenvalue weighted by atomic mass is 9.99. The quantitative estimate of drug-likeness (QED) is 0.186. The van der Waals surface area contributed by atoms with Crippen molar-refractivity contribution in [2.75, 3.05) is 19.8 Å². The zero-order valence-corrected chi connectivity index (χ0v) is 14.4. The van der Waals surface area contributed by atoms with E-state index < -0.39 is 82.9 Å². The fourth-order valence-corrected chi connectivity index (χ4v) is 3.08. The predicted molar refractivity (Wildman–Crippen MR) is 78.7 cm³/mol. The van der Waals surface area contributed by atoms with Gasteiger partial charge in [-0.15, -0.1) is 0 Å². The van der Waals surface area contributed by atoms with E-state index in [2.05, 4.69) is 4.52 Å². The molecular formula is C12H23O13P. The first-order chi connectivity index (χ1) is 12.2. The Hall–Kier alpha value is -0.250. The number of ether oxygens (including phenoxy) is 3. The first kappa shape index (κ1) is 22.0. The average molecular weight is 406 g/mol. The maximum atomic E-state index is 10.6. The Morgan fingerprint density at radius 2 is 1.62 bits per heavy atom. The van der Waals surface area contributed by atoms with Gasteiger partial charge in [0, 0.05) is 0 Å². The Labute approximate surface area is 147 Å². The second kappa shape index (κ2) is 8.84. The second-order valence-corrected chi connectivity index (χ2v) is 6.77. The van der Waals surface area contributed by atoms with Crippen molar-refractivity contribution in [3.05, 3.63) is 0 Å². The first-order valence-corrected chi connectivity index (χ1v) is 8.92. The van der Waals surface area contributed by atoms with Crippen LogP contribution in [-0.4, -0.2) is 115 Å². The van der Waals surface area contributed by atoms with Crippen LogP contribution in [0.5, 0.6) is 0 Å². The minimum Gasteiger partial charge on any atom is -0.394 e. The highest BCUT2D eigenvalue weighted by Crippen LogP contribution is 2.36. The van der Waals surface area contributed by atoms with E-state index in [1.807, 2.05) is 0 Å². The molecule has 2 saturated heterocycles. The van der Waals surface area contributed by atoms with E-state index in [0.29, 0.717) is 0 Å². The molecule has 0 saturated carbocycles. The molecule has 2 rings (SSSR count). The summed E-state index contributed by atoms with van der Waals surface area (Å²) in [7, 11) is -3.36. The Kier molecular flexibility index (Phi) is 7.49. The molecule has 8 N–H and O–H groups in total. The molecule has 0 bridgehead atoms. The van der Waals surface area contributed by atoms with Crippen molar-refractivity contribution in [3.8, 4) is 0 Å². The molecule has 0 aromatic carbocycles. The molecule has 0 aromatic rings. The van der Waals surface area contributed by atoms with Crippen LogP contribution >= 0.6 is 8.25 Å². The minimum absolute atomic E-state index is 0.628. The molecule has 0 aromatic heterocycles. The van der Waals surface area contributed by atoms with Gasteiger partial charge in [0.2, 0.25) is 5.79 Å². The van der Waals surface area contributed by atoms with E-state index >= 15 is 0 Å². The summed E-state index contributed by atoms with van der Waals surface area (Å²) in [5.74, 6) is -2.30. The topological polar surface area (TPSA) is 216 Å². The van der Waals surface area contributed by atoms with Crippen molar-refractivity contribution in [3.63, 3.8) is 0 Å². The smallest absolute Gasteiger partial charge is 0.316 e. The number of hydrogen-bond acceptors (Lipinski definition) is 12. The molecule has 2 aliphatic heterocycles. The summed E-state index contributed by atoms with van der Waals surface area (Å²) in [4.78, 5) is 8.69. The fourth-order valence-electron chi connectivity index (χ4n) is 2.77. The van der Waals surface area contributed by atoms with Crippen LogP contribution in [0.25, 0.3) is 0 Å². The van der Waals surface area contributed by atoms with Gasteiger partial charge in [-0.25, -0.2) is 0 Å². The Bertz CT molecular complexity index is 494. The molecule has 14 heteroatoms. The Balaban J connectivity index is 2.16. The second-order valence-electron chi connectivity index (χ2n) is 5.95. The fraction of sp³-hybridized carbons (Fsp3) is 1.00. The molecule has 154 valence electrons. The predicted octanol–water partition coefficient (Wildman–Crippen LogP) is -4.99. The molecule has 13 nitrogen and oxygen atoms in total. The van der Waals surface area contributed by atoms with E-state index in [9.17, 15) is 35.2 Å². The van der Waals surface area contributed by atoms with Gasteiger partial charge >= 0.3 is 8.25 Å². The lowest BCUT2D eigenvalue weighted by Gasteiger charge is -2.43. The van der Waals surface area contributed by atoms with Crippen molar-refractivity contribution in [1.29, 1.82) is 0 Å². The molecule has 0 spiro atoms. The van der Waals surface area contributed by atoms with Gasteiger partial charge in [0.15, 0.2) is 6.29 Å². The average Bonchev–Trinajstić information content (AvgIpc) is 2.86. The van der Waals surface area contributed by atoms with E-state index in [1.165, 1.54) is 0 Å². The van der Waals surface area contributed by atoms with Gasteiger partial charge in [-0.2, -0.15) is 0 Å².